The fourth-order valence-electron chi connectivity index (χ4n) is 2.71. The molecule has 3 rings (SSSR count). The van der Waals surface area contributed by atoms with E-state index in [-0.39, 0.29) is 5.75 Å². The first-order valence-corrected chi connectivity index (χ1v) is 9.41. The molecule has 23 heavy (non-hydrogen) atoms. The summed E-state index contributed by atoms with van der Waals surface area (Å²) in [6, 6.07) is 11.1. The minimum atomic E-state index is -3.29. The van der Waals surface area contributed by atoms with Crippen LogP contribution in [0.1, 0.15) is 5.56 Å². The van der Waals surface area contributed by atoms with Gasteiger partial charge in [0.1, 0.15) is 0 Å². The zero-order valence-electron chi connectivity index (χ0n) is 12.6. The quantitative estimate of drug-likeness (QED) is 0.848. The third-order valence-electron chi connectivity index (χ3n) is 3.92. The maximum Gasteiger partial charge on any atom is 0.218 e. The third kappa shape index (κ3) is 3.83. The van der Waals surface area contributed by atoms with Crippen molar-refractivity contribution in [2.45, 2.75) is 5.75 Å². The number of sulfonamides is 1. The number of hydrogen-bond donors (Lipinski definition) is 0. The molecule has 7 heteroatoms. The first-order valence-electron chi connectivity index (χ1n) is 7.42. The molecule has 1 aromatic carbocycles. The summed E-state index contributed by atoms with van der Waals surface area (Å²) < 4.78 is 26.6. The molecular weight excluding hydrogens is 334 g/mol. The highest BCUT2D eigenvalue weighted by Crippen LogP contribution is 2.25. The molecule has 0 amide bonds. The Hall–Kier alpha value is -1.63. The number of nitrogens with zero attached hydrogens (tertiary/aromatic N) is 3. The van der Waals surface area contributed by atoms with E-state index in [1.165, 1.54) is 0 Å². The molecule has 1 saturated heterocycles. The Morgan fingerprint density at radius 3 is 2.39 bits per heavy atom. The van der Waals surface area contributed by atoms with Crippen molar-refractivity contribution < 1.29 is 8.42 Å². The zero-order chi connectivity index (χ0) is 16.3. The Balaban J connectivity index is 1.65. The van der Waals surface area contributed by atoms with Crippen LogP contribution in [0.4, 0.5) is 5.69 Å². The van der Waals surface area contributed by atoms with E-state index in [9.17, 15) is 8.42 Å². The van der Waals surface area contributed by atoms with E-state index >= 15 is 0 Å². The van der Waals surface area contributed by atoms with E-state index in [0.717, 1.165) is 11.3 Å². The summed E-state index contributed by atoms with van der Waals surface area (Å²) in [4.78, 5) is 6.07. The van der Waals surface area contributed by atoms with Crippen LogP contribution in [0.15, 0.2) is 48.8 Å². The monoisotopic (exact) mass is 351 g/mol. The van der Waals surface area contributed by atoms with Gasteiger partial charge in [-0.1, -0.05) is 41.9 Å². The second kappa shape index (κ2) is 6.86. The van der Waals surface area contributed by atoms with Gasteiger partial charge in [-0.25, -0.2) is 8.42 Å². The van der Waals surface area contributed by atoms with Crippen molar-refractivity contribution in [3.8, 4) is 0 Å². The number of hydrogen-bond acceptors (Lipinski definition) is 4. The SMILES string of the molecule is O=S(=O)(Cc1ccccc1)N1CCN(c2ccncc2Cl)CC1. The van der Waals surface area contributed by atoms with Gasteiger partial charge in [-0.3, -0.25) is 4.98 Å². The number of rotatable bonds is 4. The molecule has 122 valence electrons. The predicted molar refractivity (Wildman–Crippen MR) is 92.1 cm³/mol. The summed E-state index contributed by atoms with van der Waals surface area (Å²) >= 11 is 6.16. The normalized spacial score (nSPS) is 16.5. The first kappa shape index (κ1) is 16.2. The maximum atomic E-state index is 12.5. The van der Waals surface area contributed by atoms with E-state index in [1.807, 2.05) is 36.4 Å². The standard InChI is InChI=1S/C16H18ClN3O2S/c17-15-12-18-7-6-16(15)19-8-10-20(11-9-19)23(21,22)13-14-4-2-1-3-5-14/h1-7,12H,8-11,13H2. The van der Waals surface area contributed by atoms with Crippen LogP contribution in [0.3, 0.4) is 0 Å². The predicted octanol–water partition coefficient (Wildman–Crippen LogP) is 2.39. The summed E-state index contributed by atoms with van der Waals surface area (Å²) in [7, 11) is -3.29. The number of aromatic nitrogens is 1. The summed E-state index contributed by atoms with van der Waals surface area (Å²) in [6.45, 7) is 2.18. The van der Waals surface area contributed by atoms with Gasteiger partial charge in [0.15, 0.2) is 0 Å². The molecule has 1 aliphatic heterocycles. The minimum absolute atomic E-state index is 0.0455. The Morgan fingerprint density at radius 2 is 1.74 bits per heavy atom. The number of anilines is 1. The lowest BCUT2D eigenvalue weighted by atomic mass is 10.2. The van der Waals surface area contributed by atoms with Gasteiger partial charge in [-0.2, -0.15) is 4.31 Å². The largest absolute Gasteiger partial charge is 0.368 e. The molecule has 0 spiro atoms. The molecule has 1 aromatic heterocycles. The summed E-state index contributed by atoms with van der Waals surface area (Å²) in [5.74, 6) is 0.0455. The average molecular weight is 352 g/mol. The molecule has 1 fully saturated rings. The molecule has 5 nitrogen and oxygen atoms in total. The molecule has 0 N–H and O–H groups in total. The van der Waals surface area contributed by atoms with Crippen molar-refractivity contribution in [1.82, 2.24) is 9.29 Å². The Bertz CT molecular complexity index is 760. The number of benzene rings is 1. The topological polar surface area (TPSA) is 53.5 Å². The average Bonchev–Trinajstić information content (AvgIpc) is 2.56. The molecule has 2 heterocycles. The highest BCUT2D eigenvalue weighted by atomic mass is 35.5. The van der Waals surface area contributed by atoms with Crippen molar-refractivity contribution in [3.63, 3.8) is 0 Å². The zero-order valence-corrected chi connectivity index (χ0v) is 14.2. The van der Waals surface area contributed by atoms with Crippen LogP contribution in [0, 0.1) is 0 Å². The molecule has 1 aliphatic rings. The van der Waals surface area contributed by atoms with Crippen LogP contribution in [0.2, 0.25) is 5.02 Å². The molecule has 0 unspecified atom stereocenters. The lowest BCUT2D eigenvalue weighted by Crippen LogP contribution is -2.49. The number of halogens is 1. The Kier molecular flexibility index (Phi) is 4.84. The number of piperazine rings is 1. The Labute approximate surface area is 141 Å². The fraction of sp³-hybridized carbons (Fsp3) is 0.312. The van der Waals surface area contributed by atoms with Crippen molar-refractivity contribution in [1.29, 1.82) is 0 Å². The highest BCUT2D eigenvalue weighted by Gasteiger charge is 2.27. The van der Waals surface area contributed by atoms with Crippen molar-refractivity contribution in [2.24, 2.45) is 0 Å². The van der Waals surface area contributed by atoms with Gasteiger partial charge in [0.2, 0.25) is 10.0 Å². The van der Waals surface area contributed by atoms with Crippen molar-refractivity contribution in [2.75, 3.05) is 31.1 Å². The van der Waals surface area contributed by atoms with Crippen LogP contribution in [0.5, 0.6) is 0 Å². The van der Waals surface area contributed by atoms with Crippen LogP contribution in [-0.4, -0.2) is 43.9 Å². The summed E-state index contributed by atoms with van der Waals surface area (Å²) in [5.41, 5.74) is 1.72. The Morgan fingerprint density at radius 1 is 1.04 bits per heavy atom. The van der Waals surface area contributed by atoms with Gasteiger partial charge >= 0.3 is 0 Å². The number of pyridine rings is 1. The minimum Gasteiger partial charge on any atom is -0.368 e. The molecule has 2 aromatic rings. The lowest BCUT2D eigenvalue weighted by molar-refractivity contribution is 0.384. The smallest absolute Gasteiger partial charge is 0.218 e. The van der Waals surface area contributed by atoms with Gasteiger partial charge in [0.25, 0.3) is 0 Å². The third-order valence-corrected chi connectivity index (χ3v) is 6.06. The maximum absolute atomic E-state index is 12.5. The summed E-state index contributed by atoms with van der Waals surface area (Å²) in [5, 5.41) is 0.591. The van der Waals surface area contributed by atoms with Crippen LogP contribution >= 0.6 is 11.6 Å². The molecular formula is C16H18ClN3O2S. The van der Waals surface area contributed by atoms with Gasteiger partial charge in [-0.15, -0.1) is 0 Å². The van der Waals surface area contributed by atoms with E-state index in [1.54, 1.807) is 16.7 Å². The second-order valence-corrected chi connectivity index (χ2v) is 7.83. The molecule has 0 radical (unpaired) electrons. The van der Waals surface area contributed by atoms with E-state index in [0.29, 0.717) is 31.2 Å². The molecule has 0 saturated carbocycles. The van der Waals surface area contributed by atoms with Gasteiger partial charge in [0, 0.05) is 38.6 Å². The van der Waals surface area contributed by atoms with E-state index in [4.69, 9.17) is 11.6 Å². The van der Waals surface area contributed by atoms with Crippen LogP contribution in [0.25, 0.3) is 0 Å². The second-order valence-electron chi connectivity index (χ2n) is 5.46. The van der Waals surface area contributed by atoms with Gasteiger partial charge in [0.05, 0.1) is 16.5 Å². The van der Waals surface area contributed by atoms with Gasteiger partial charge < -0.3 is 4.90 Å². The molecule has 0 bridgehead atoms. The van der Waals surface area contributed by atoms with Gasteiger partial charge in [-0.05, 0) is 11.6 Å². The summed E-state index contributed by atoms with van der Waals surface area (Å²) in [6.07, 6.45) is 3.30. The molecule has 0 atom stereocenters. The fourth-order valence-corrected chi connectivity index (χ4v) is 4.46. The highest BCUT2D eigenvalue weighted by molar-refractivity contribution is 7.88. The van der Waals surface area contributed by atoms with Crippen LogP contribution < -0.4 is 4.90 Å². The van der Waals surface area contributed by atoms with Crippen molar-refractivity contribution in [3.05, 3.63) is 59.4 Å². The van der Waals surface area contributed by atoms with E-state index < -0.39 is 10.0 Å². The van der Waals surface area contributed by atoms with E-state index in [2.05, 4.69) is 9.88 Å². The molecule has 0 aliphatic carbocycles. The van der Waals surface area contributed by atoms with Crippen LogP contribution in [-0.2, 0) is 15.8 Å². The lowest BCUT2D eigenvalue weighted by Gasteiger charge is -2.35. The first-order chi connectivity index (χ1) is 11.1. The van der Waals surface area contributed by atoms with Crippen molar-refractivity contribution >= 4 is 27.3 Å².